The Balaban J connectivity index is 1.42. The Labute approximate surface area is 230 Å². The highest BCUT2D eigenvalue weighted by molar-refractivity contribution is 6.36. The van der Waals surface area contributed by atoms with Gasteiger partial charge in [0.1, 0.15) is 13.1 Å². The van der Waals surface area contributed by atoms with Crippen molar-refractivity contribution in [2.45, 2.75) is 6.54 Å². The van der Waals surface area contributed by atoms with E-state index in [1.807, 2.05) is 72.8 Å². The molecule has 0 aliphatic carbocycles. The molecule has 1 amide bonds. The summed E-state index contributed by atoms with van der Waals surface area (Å²) in [6.07, 6.45) is 1.77. The average Bonchev–Trinajstić information content (AvgIpc) is 3.10. The van der Waals surface area contributed by atoms with Crippen LogP contribution in [-0.4, -0.2) is 52.5 Å². The van der Waals surface area contributed by atoms with Gasteiger partial charge in [0.05, 0.1) is 36.7 Å². The Kier molecular flexibility index (Phi) is 6.68. The number of anilines is 1. The van der Waals surface area contributed by atoms with Crippen LogP contribution in [0.5, 0.6) is 0 Å². The van der Waals surface area contributed by atoms with Crippen LogP contribution in [0.3, 0.4) is 0 Å². The number of amides is 1. The van der Waals surface area contributed by atoms with Gasteiger partial charge in [0.25, 0.3) is 5.95 Å². The highest BCUT2D eigenvalue weighted by Gasteiger charge is 2.41. The predicted octanol–water partition coefficient (Wildman–Crippen LogP) is 5.82. The number of aromatic nitrogens is 2. The number of halogens is 2. The van der Waals surface area contributed by atoms with Gasteiger partial charge in [0, 0.05) is 38.5 Å². The average molecular weight is 545 g/mol. The van der Waals surface area contributed by atoms with Crippen LogP contribution in [0.15, 0.2) is 84.0 Å². The van der Waals surface area contributed by atoms with E-state index in [9.17, 15) is 4.79 Å². The van der Waals surface area contributed by atoms with E-state index in [0.29, 0.717) is 54.4 Å². The fourth-order valence-corrected chi connectivity index (χ4v) is 5.30. The first-order valence-corrected chi connectivity index (χ1v) is 13.1. The number of hydrogen-bond acceptors (Lipinski definition) is 6. The molecule has 0 saturated carbocycles. The zero-order chi connectivity index (χ0) is 26.1. The molecule has 0 atom stereocenters. The van der Waals surface area contributed by atoms with Gasteiger partial charge in [-0.3, -0.25) is 4.99 Å². The Hall–Kier alpha value is -3.62. The van der Waals surface area contributed by atoms with Crippen molar-refractivity contribution in [3.63, 3.8) is 0 Å². The second-order valence-electron chi connectivity index (χ2n) is 9.21. The lowest BCUT2D eigenvalue weighted by Gasteiger charge is -2.37. The summed E-state index contributed by atoms with van der Waals surface area (Å²) in [6, 6.07) is 22.6. The van der Waals surface area contributed by atoms with E-state index in [0.717, 1.165) is 33.7 Å². The van der Waals surface area contributed by atoms with E-state index in [4.69, 9.17) is 37.9 Å². The van der Waals surface area contributed by atoms with Crippen molar-refractivity contribution in [3.8, 4) is 11.3 Å². The van der Waals surface area contributed by atoms with Crippen LogP contribution in [0.4, 0.5) is 5.95 Å². The van der Waals surface area contributed by atoms with Gasteiger partial charge in [0.2, 0.25) is 0 Å². The molecule has 2 aliphatic rings. The summed E-state index contributed by atoms with van der Waals surface area (Å²) < 4.78 is 5.56. The number of nitrogens with zero attached hydrogens (tertiary/aromatic N) is 4. The number of carbonyl (C=O) groups is 1. The maximum Gasteiger partial charge on any atom is 0.370 e. The Morgan fingerprint density at radius 2 is 1.66 bits per heavy atom. The molecular weight excluding hydrogens is 521 g/mol. The number of rotatable bonds is 4. The zero-order valence-electron chi connectivity index (χ0n) is 20.4. The van der Waals surface area contributed by atoms with Gasteiger partial charge in [-0.25, -0.2) is 14.8 Å². The molecule has 7 nitrogen and oxygen atoms in total. The Morgan fingerprint density at radius 1 is 0.895 bits per heavy atom. The number of hydrogen-bond donors (Lipinski definition) is 1. The lowest BCUT2D eigenvalue weighted by atomic mass is 9.95. The molecule has 2 aliphatic heterocycles. The number of morpholine rings is 1. The van der Waals surface area contributed by atoms with E-state index in [-0.39, 0.29) is 10.5 Å². The third-order valence-electron chi connectivity index (χ3n) is 6.85. The second kappa shape index (κ2) is 10.3. The maximum absolute atomic E-state index is 13.7. The van der Waals surface area contributed by atoms with Gasteiger partial charge in [-0.15, -0.1) is 0 Å². The minimum absolute atomic E-state index is 0.0301. The van der Waals surface area contributed by atoms with E-state index < -0.39 is 0 Å². The van der Waals surface area contributed by atoms with Gasteiger partial charge < -0.3 is 4.74 Å². The zero-order valence-corrected chi connectivity index (χ0v) is 21.9. The van der Waals surface area contributed by atoms with Crippen LogP contribution in [0.2, 0.25) is 10.0 Å². The first-order chi connectivity index (χ1) is 18.5. The Bertz CT molecular complexity index is 1550. The van der Waals surface area contributed by atoms with Crippen molar-refractivity contribution in [3.05, 3.63) is 111 Å². The van der Waals surface area contributed by atoms with Crippen molar-refractivity contribution in [1.29, 1.82) is 0 Å². The monoisotopic (exact) mass is 544 g/mol. The number of fused-ring (bicyclic) bond motifs is 3. The van der Waals surface area contributed by atoms with Crippen LogP contribution in [0.25, 0.3) is 11.3 Å². The van der Waals surface area contributed by atoms with Crippen LogP contribution >= 0.6 is 23.2 Å². The molecule has 1 N–H and O–H groups in total. The van der Waals surface area contributed by atoms with Crippen molar-refractivity contribution < 1.29 is 14.1 Å². The first-order valence-electron chi connectivity index (χ1n) is 12.3. The molecule has 1 saturated heterocycles. The van der Waals surface area contributed by atoms with Crippen LogP contribution in [0.1, 0.15) is 27.0 Å². The molecular formula is C29H24Cl2N5O2+. The lowest BCUT2D eigenvalue weighted by Crippen LogP contribution is -2.62. The summed E-state index contributed by atoms with van der Waals surface area (Å²) in [5.74, 6) is 0.306. The number of ether oxygens (including phenoxy) is 1. The van der Waals surface area contributed by atoms with Crippen LogP contribution < -0.4 is 5.43 Å². The summed E-state index contributed by atoms with van der Waals surface area (Å²) in [7, 11) is 0. The lowest BCUT2D eigenvalue weighted by molar-refractivity contribution is -0.836. The van der Waals surface area contributed by atoms with Gasteiger partial charge in [0.15, 0.2) is 0 Å². The standard InChI is InChI=1S/C29H24Cl2N5O2/c30-21-10-11-22-24(16-21)27(23-8-4-5-9-25(23)31)32-17-20-18-33-29(34-26(20)22)35-36(12-14-38-15-13-36)28(37)19-6-2-1-3-7-19/h1-11,16,18H,12-15,17H2,(H,33,34,35)/q+1. The molecule has 0 unspecified atom stereocenters. The molecule has 0 radical (unpaired) electrons. The molecule has 1 fully saturated rings. The molecule has 1 aromatic heterocycles. The molecule has 9 heteroatoms. The van der Waals surface area contributed by atoms with Crippen LogP contribution in [-0.2, 0) is 11.3 Å². The smallest absolute Gasteiger partial charge is 0.370 e. The molecule has 38 heavy (non-hydrogen) atoms. The minimum atomic E-state index is -0.0519. The third-order valence-corrected chi connectivity index (χ3v) is 7.42. The summed E-state index contributed by atoms with van der Waals surface area (Å²) >= 11 is 13.0. The molecule has 4 aromatic rings. The van der Waals surface area contributed by atoms with Crippen molar-refractivity contribution in [1.82, 2.24) is 9.97 Å². The Morgan fingerprint density at radius 3 is 2.45 bits per heavy atom. The van der Waals surface area contributed by atoms with Crippen molar-refractivity contribution in [2.24, 2.45) is 4.99 Å². The fraction of sp³-hybridized carbons (Fsp3) is 0.172. The van der Waals surface area contributed by atoms with E-state index in [1.165, 1.54) is 0 Å². The molecule has 3 aromatic carbocycles. The summed E-state index contributed by atoms with van der Waals surface area (Å²) in [4.78, 5) is 28.1. The summed E-state index contributed by atoms with van der Waals surface area (Å²) in [5.41, 5.74) is 8.85. The normalized spacial score (nSPS) is 16.0. The third kappa shape index (κ3) is 4.59. The number of nitrogens with one attached hydrogen (secondary N) is 1. The molecule has 0 bridgehead atoms. The number of aliphatic imine (C=N–C) groups is 1. The molecule has 6 rings (SSSR count). The second-order valence-corrected chi connectivity index (χ2v) is 10.1. The van der Waals surface area contributed by atoms with Gasteiger partial charge in [-0.2, -0.15) is 10.0 Å². The number of carbonyl (C=O) groups excluding carboxylic acids is 1. The fourth-order valence-electron chi connectivity index (χ4n) is 4.90. The number of benzene rings is 3. The van der Waals surface area contributed by atoms with Crippen molar-refractivity contribution in [2.75, 3.05) is 31.7 Å². The van der Waals surface area contributed by atoms with Crippen LogP contribution in [0, 0.1) is 0 Å². The molecule has 3 heterocycles. The van der Waals surface area contributed by atoms with Crippen molar-refractivity contribution >= 4 is 40.8 Å². The first kappa shape index (κ1) is 24.7. The van der Waals surface area contributed by atoms with Gasteiger partial charge in [-0.1, -0.05) is 65.7 Å². The topological polar surface area (TPSA) is 76.5 Å². The molecule has 190 valence electrons. The molecule has 0 spiro atoms. The highest BCUT2D eigenvalue weighted by Crippen LogP contribution is 2.35. The van der Waals surface area contributed by atoms with E-state index in [1.54, 1.807) is 6.20 Å². The summed E-state index contributed by atoms with van der Waals surface area (Å²) in [6.45, 7) is 2.19. The van der Waals surface area contributed by atoms with Gasteiger partial charge in [-0.05, 0) is 30.3 Å². The number of quaternary nitrogens is 1. The largest absolute Gasteiger partial charge is 0.370 e. The predicted molar refractivity (Wildman–Crippen MR) is 148 cm³/mol. The highest BCUT2D eigenvalue weighted by atomic mass is 35.5. The SMILES string of the molecule is O=C(c1ccccc1)[N+]1(Nc2ncc3c(n2)-c2ccc(Cl)cc2C(c2ccccc2Cl)=NC3)CCOCC1. The maximum atomic E-state index is 13.7. The minimum Gasteiger partial charge on any atom is -0.370 e. The van der Waals surface area contributed by atoms with Gasteiger partial charge >= 0.3 is 5.91 Å². The quantitative estimate of drug-likeness (QED) is 0.328. The summed E-state index contributed by atoms with van der Waals surface area (Å²) in [5, 5.41) is 1.19. The van der Waals surface area contributed by atoms with E-state index >= 15 is 0 Å². The van der Waals surface area contributed by atoms with E-state index in [2.05, 4.69) is 10.4 Å².